The van der Waals surface area contributed by atoms with E-state index < -0.39 is 0 Å². The Balaban J connectivity index is 1.44. The SMILES string of the molecule is Cc1cc(C(=O)NCC2OCCc3cn(Cc4ccccc4)nc32)no1. The molecule has 3 aromatic rings. The summed E-state index contributed by atoms with van der Waals surface area (Å²) >= 11 is 0. The molecular weight excluding hydrogens is 332 g/mol. The van der Waals surface area contributed by atoms with Crippen LogP contribution < -0.4 is 5.32 Å². The molecule has 7 heteroatoms. The largest absolute Gasteiger partial charge is 0.370 e. The van der Waals surface area contributed by atoms with Crippen molar-refractivity contribution in [2.75, 3.05) is 13.2 Å². The Labute approximate surface area is 150 Å². The Hall–Kier alpha value is -2.93. The second kappa shape index (κ2) is 7.13. The highest BCUT2D eigenvalue weighted by Gasteiger charge is 2.25. The summed E-state index contributed by atoms with van der Waals surface area (Å²) < 4.78 is 12.7. The highest BCUT2D eigenvalue weighted by atomic mass is 16.5. The molecule has 0 bridgehead atoms. The van der Waals surface area contributed by atoms with Crippen LogP contribution >= 0.6 is 0 Å². The van der Waals surface area contributed by atoms with Crippen LogP contribution in [0.1, 0.15) is 39.2 Å². The van der Waals surface area contributed by atoms with E-state index in [1.54, 1.807) is 13.0 Å². The number of nitrogens with zero attached hydrogens (tertiary/aromatic N) is 3. The van der Waals surface area contributed by atoms with Gasteiger partial charge in [0.15, 0.2) is 5.69 Å². The molecule has 1 N–H and O–H groups in total. The van der Waals surface area contributed by atoms with Crippen LogP contribution in [0.25, 0.3) is 0 Å². The lowest BCUT2D eigenvalue weighted by atomic mass is 10.1. The minimum absolute atomic E-state index is 0.257. The Morgan fingerprint density at radius 2 is 2.19 bits per heavy atom. The van der Waals surface area contributed by atoms with Crippen LogP contribution in [0.2, 0.25) is 0 Å². The summed E-state index contributed by atoms with van der Waals surface area (Å²) in [5, 5.41) is 11.3. The van der Waals surface area contributed by atoms with Crippen LogP contribution in [0.15, 0.2) is 47.1 Å². The van der Waals surface area contributed by atoms with E-state index in [1.165, 1.54) is 11.1 Å². The Bertz CT molecular complexity index is 901. The van der Waals surface area contributed by atoms with Gasteiger partial charge in [-0.25, -0.2) is 0 Å². The maximum Gasteiger partial charge on any atom is 0.273 e. The van der Waals surface area contributed by atoms with Gasteiger partial charge in [0.05, 0.1) is 18.8 Å². The van der Waals surface area contributed by atoms with Crippen molar-refractivity contribution in [1.82, 2.24) is 20.3 Å². The fraction of sp³-hybridized carbons (Fsp3) is 0.316. The molecule has 3 heterocycles. The minimum atomic E-state index is -0.277. The highest BCUT2D eigenvalue weighted by molar-refractivity contribution is 5.92. The third-order valence-electron chi connectivity index (χ3n) is 4.36. The van der Waals surface area contributed by atoms with Gasteiger partial charge in [-0.05, 0) is 24.5 Å². The molecule has 0 fully saturated rings. The predicted molar refractivity (Wildman–Crippen MR) is 93.7 cm³/mol. The van der Waals surface area contributed by atoms with Crippen molar-refractivity contribution in [2.45, 2.75) is 26.0 Å². The molecule has 1 amide bonds. The summed E-state index contributed by atoms with van der Waals surface area (Å²) in [5.41, 5.74) is 3.53. The molecule has 0 saturated heterocycles. The molecule has 1 aliphatic heterocycles. The molecule has 0 aliphatic carbocycles. The summed E-state index contributed by atoms with van der Waals surface area (Å²) in [6, 6.07) is 11.8. The van der Waals surface area contributed by atoms with Gasteiger partial charge in [-0.1, -0.05) is 35.5 Å². The fourth-order valence-corrected chi connectivity index (χ4v) is 3.09. The Kier molecular flexibility index (Phi) is 4.53. The monoisotopic (exact) mass is 352 g/mol. The number of aromatic nitrogens is 3. The third-order valence-corrected chi connectivity index (χ3v) is 4.36. The van der Waals surface area contributed by atoms with E-state index in [0.29, 0.717) is 25.5 Å². The van der Waals surface area contributed by atoms with Crippen LogP contribution in [0.5, 0.6) is 0 Å². The molecule has 2 aromatic heterocycles. The zero-order chi connectivity index (χ0) is 17.9. The molecule has 134 valence electrons. The summed E-state index contributed by atoms with van der Waals surface area (Å²) in [4.78, 5) is 12.1. The van der Waals surface area contributed by atoms with E-state index in [2.05, 4.69) is 33.9 Å². The average molecular weight is 352 g/mol. The third kappa shape index (κ3) is 3.52. The van der Waals surface area contributed by atoms with Crippen LogP contribution in [-0.2, 0) is 17.7 Å². The molecule has 1 aromatic carbocycles. The lowest BCUT2D eigenvalue weighted by Gasteiger charge is -2.21. The van der Waals surface area contributed by atoms with Gasteiger partial charge in [-0.15, -0.1) is 0 Å². The zero-order valence-corrected chi connectivity index (χ0v) is 14.5. The zero-order valence-electron chi connectivity index (χ0n) is 14.5. The Morgan fingerprint density at radius 3 is 2.96 bits per heavy atom. The number of hydrogen-bond acceptors (Lipinski definition) is 5. The number of aryl methyl sites for hydroxylation is 1. The summed E-state index contributed by atoms with van der Waals surface area (Å²) in [5.74, 6) is 0.326. The van der Waals surface area contributed by atoms with E-state index in [4.69, 9.17) is 9.26 Å². The highest BCUT2D eigenvalue weighted by Crippen LogP contribution is 2.25. The van der Waals surface area contributed by atoms with Crippen molar-refractivity contribution in [3.05, 3.63) is 70.9 Å². The molecule has 0 radical (unpaired) electrons. The smallest absolute Gasteiger partial charge is 0.273 e. The number of fused-ring (bicyclic) bond motifs is 1. The quantitative estimate of drug-likeness (QED) is 0.762. The van der Waals surface area contributed by atoms with Crippen LogP contribution in [-0.4, -0.2) is 34.0 Å². The summed E-state index contributed by atoms with van der Waals surface area (Å²) in [6.07, 6.45) is 2.64. The standard InChI is InChI=1S/C19H20N4O3/c1-13-9-16(22-26-13)19(24)20-10-17-18-15(7-8-25-17)12-23(21-18)11-14-5-3-2-4-6-14/h2-6,9,12,17H,7-8,10-11H2,1H3,(H,20,24). The van der Waals surface area contributed by atoms with Gasteiger partial charge >= 0.3 is 0 Å². The number of rotatable bonds is 5. The lowest BCUT2D eigenvalue weighted by Crippen LogP contribution is -2.32. The fourth-order valence-electron chi connectivity index (χ4n) is 3.09. The van der Waals surface area contributed by atoms with Crippen molar-refractivity contribution in [1.29, 1.82) is 0 Å². The average Bonchev–Trinajstić information content (AvgIpc) is 3.26. The number of nitrogens with one attached hydrogen (secondary N) is 1. The molecule has 7 nitrogen and oxygen atoms in total. The first-order valence-corrected chi connectivity index (χ1v) is 8.62. The number of ether oxygens (including phenoxy) is 1. The van der Waals surface area contributed by atoms with Gasteiger partial charge in [-0.2, -0.15) is 5.10 Å². The van der Waals surface area contributed by atoms with Crippen LogP contribution in [0.3, 0.4) is 0 Å². The topological polar surface area (TPSA) is 82.2 Å². The van der Waals surface area contributed by atoms with Gasteiger partial charge in [0.1, 0.15) is 11.9 Å². The first kappa shape index (κ1) is 16.5. The van der Waals surface area contributed by atoms with Gasteiger partial charge in [0.25, 0.3) is 5.91 Å². The normalized spacial score (nSPS) is 16.3. The maximum atomic E-state index is 12.1. The predicted octanol–water partition coefficient (Wildman–Crippen LogP) is 2.27. The van der Waals surface area contributed by atoms with E-state index in [0.717, 1.165) is 12.1 Å². The lowest BCUT2D eigenvalue weighted by molar-refractivity contribution is 0.0382. The summed E-state index contributed by atoms with van der Waals surface area (Å²) in [6.45, 7) is 3.43. The summed E-state index contributed by atoms with van der Waals surface area (Å²) in [7, 11) is 0. The van der Waals surface area contributed by atoms with Gasteiger partial charge in [0, 0.05) is 18.8 Å². The molecule has 0 saturated carbocycles. The van der Waals surface area contributed by atoms with E-state index in [-0.39, 0.29) is 17.7 Å². The van der Waals surface area contributed by atoms with Gasteiger partial charge in [0.2, 0.25) is 0 Å². The second-order valence-corrected chi connectivity index (χ2v) is 6.37. The number of benzene rings is 1. The minimum Gasteiger partial charge on any atom is -0.370 e. The molecule has 4 rings (SSSR count). The van der Waals surface area contributed by atoms with Crippen LogP contribution in [0.4, 0.5) is 0 Å². The molecule has 0 spiro atoms. The van der Waals surface area contributed by atoms with Gasteiger partial charge in [-0.3, -0.25) is 9.48 Å². The first-order chi connectivity index (χ1) is 12.7. The molecule has 26 heavy (non-hydrogen) atoms. The van der Waals surface area contributed by atoms with Crippen molar-refractivity contribution in [3.8, 4) is 0 Å². The number of carbonyl (C=O) groups is 1. The number of carbonyl (C=O) groups excluding carboxylic acids is 1. The van der Waals surface area contributed by atoms with Crippen molar-refractivity contribution >= 4 is 5.91 Å². The van der Waals surface area contributed by atoms with Crippen molar-refractivity contribution in [2.24, 2.45) is 0 Å². The van der Waals surface area contributed by atoms with E-state index in [9.17, 15) is 4.79 Å². The molecule has 1 unspecified atom stereocenters. The number of amides is 1. The Morgan fingerprint density at radius 1 is 1.35 bits per heavy atom. The molecular formula is C19H20N4O3. The van der Waals surface area contributed by atoms with Crippen LogP contribution in [0, 0.1) is 6.92 Å². The maximum absolute atomic E-state index is 12.1. The van der Waals surface area contributed by atoms with E-state index in [1.807, 2.05) is 22.9 Å². The van der Waals surface area contributed by atoms with E-state index >= 15 is 0 Å². The van der Waals surface area contributed by atoms with Crippen molar-refractivity contribution in [3.63, 3.8) is 0 Å². The molecule has 1 atom stereocenters. The van der Waals surface area contributed by atoms with Gasteiger partial charge < -0.3 is 14.6 Å². The van der Waals surface area contributed by atoms with Crippen molar-refractivity contribution < 1.29 is 14.1 Å². The second-order valence-electron chi connectivity index (χ2n) is 6.37. The number of hydrogen-bond donors (Lipinski definition) is 1. The molecule has 1 aliphatic rings. The first-order valence-electron chi connectivity index (χ1n) is 8.62.